The molecular weight excluding hydrogens is 305 g/mol. The smallest absolute Gasteiger partial charge is 0.145 e. The Balaban J connectivity index is 2.49. The lowest BCUT2D eigenvalue weighted by Crippen LogP contribution is -2.03. The molecule has 1 heterocycles. The maximum Gasteiger partial charge on any atom is 0.145 e. The van der Waals surface area contributed by atoms with E-state index in [-0.39, 0.29) is 16.3 Å². The van der Waals surface area contributed by atoms with Crippen LogP contribution in [0.5, 0.6) is 0 Å². The Morgan fingerprint density at radius 2 is 1.70 bits per heavy atom. The molecule has 0 amide bonds. The first-order valence-corrected chi connectivity index (χ1v) is 6.83. The summed E-state index contributed by atoms with van der Waals surface area (Å²) in [6, 6.07) is 4.65. The average molecular weight is 317 g/mol. The van der Waals surface area contributed by atoms with Gasteiger partial charge in [0.1, 0.15) is 17.5 Å². The maximum atomic E-state index is 13.3. The van der Waals surface area contributed by atoms with Gasteiger partial charge in [0, 0.05) is 18.2 Å². The highest BCUT2D eigenvalue weighted by molar-refractivity contribution is 6.37. The van der Waals surface area contributed by atoms with Gasteiger partial charge in [0.05, 0.1) is 15.7 Å². The SMILES string of the molecule is CCCNc1nc(-c2cc(F)cc(F)c2)c(Cl)cc1Cl. The van der Waals surface area contributed by atoms with Crippen LogP contribution >= 0.6 is 23.2 Å². The second-order valence-corrected chi connectivity index (χ2v) is 5.05. The van der Waals surface area contributed by atoms with Crippen molar-refractivity contribution >= 4 is 29.0 Å². The van der Waals surface area contributed by atoms with E-state index in [1.165, 1.54) is 18.2 Å². The Morgan fingerprint density at radius 1 is 1.05 bits per heavy atom. The fourth-order valence-electron chi connectivity index (χ4n) is 1.73. The van der Waals surface area contributed by atoms with Gasteiger partial charge in [-0.25, -0.2) is 13.8 Å². The number of aromatic nitrogens is 1. The van der Waals surface area contributed by atoms with E-state index in [1.807, 2.05) is 6.92 Å². The number of nitrogens with one attached hydrogen (secondary N) is 1. The predicted octanol–water partition coefficient (Wildman–Crippen LogP) is 5.16. The molecular formula is C14H12Cl2F2N2. The minimum absolute atomic E-state index is 0.238. The molecule has 0 aliphatic heterocycles. The van der Waals surface area contributed by atoms with E-state index >= 15 is 0 Å². The average Bonchev–Trinajstić information content (AvgIpc) is 2.36. The quantitative estimate of drug-likeness (QED) is 0.843. The maximum absolute atomic E-state index is 13.3. The van der Waals surface area contributed by atoms with Crippen molar-refractivity contribution in [3.05, 3.63) is 45.9 Å². The van der Waals surface area contributed by atoms with Crippen LogP contribution in [0.2, 0.25) is 10.0 Å². The van der Waals surface area contributed by atoms with Gasteiger partial charge in [-0.05, 0) is 24.6 Å². The Hall–Kier alpha value is -1.39. The van der Waals surface area contributed by atoms with Gasteiger partial charge in [-0.15, -0.1) is 0 Å². The first kappa shape index (κ1) is 15.0. The van der Waals surface area contributed by atoms with Crippen molar-refractivity contribution < 1.29 is 8.78 Å². The van der Waals surface area contributed by atoms with Gasteiger partial charge in [-0.3, -0.25) is 0 Å². The monoisotopic (exact) mass is 316 g/mol. The minimum Gasteiger partial charge on any atom is -0.369 e. The van der Waals surface area contributed by atoms with Crippen LogP contribution in [0.4, 0.5) is 14.6 Å². The number of pyridine rings is 1. The Kier molecular flexibility index (Phi) is 4.78. The van der Waals surface area contributed by atoms with Crippen LogP contribution in [-0.4, -0.2) is 11.5 Å². The number of rotatable bonds is 4. The first-order chi connectivity index (χ1) is 9.51. The molecule has 0 saturated heterocycles. The molecule has 0 radical (unpaired) electrons. The fraction of sp³-hybridized carbons (Fsp3) is 0.214. The largest absolute Gasteiger partial charge is 0.369 e. The lowest BCUT2D eigenvalue weighted by Gasteiger charge is -2.11. The Labute approximate surface area is 125 Å². The Morgan fingerprint density at radius 3 is 2.30 bits per heavy atom. The summed E-state index contributed by atoms with van der Waals surface area (Å²) in [5.41, 5.74) is 0.553. The van der Waals surface area contributed by atoms with Crippen molar-refractivity contribution in [3.63, 3.8) is 0 Å². The molecule has 20 heavy (non-hydrogen) atoms. The first-order valence-electron chi connectivity index (χ1n) is 6.07. The predicted molar refractivity (Wildman–Crippen MR) is 78.4 cm³/mol. The van der Waals surface area contributed by atoms with E-state index in [0.717, 1.165) is 12.5 Å². The third kappa shape index (κ3) is 3.38. The highest BCUT2D eigenvalue weighted by atomic mass is 35.5. The standard InChI is InChI=1S/C14H12Cl2F2N2/c1-2-3-19-14-12(16)7-11(15)13(20-14)8-4-9(17)6-10(18)5-8/h4-7H,2-3H2,1H3,(H,19,20). The fourth-order valence-corrected chi connectivity index (χ4v) is 2.26. The van der Waals surface area contributed by atoms with Gasteiger partial charge >= 0.3 is 0 Å². The van der Waals surface area contributed by atoms with E-state index in [0.29, 0.717) is 17.4 Å². The van der Waals surface area contributed by atoms with Crippen LogP contribution in [0.3, 0.4) is 0 Å². The molecule has 1 aromatic carbocycles. The highest BCUT2D eigenvalue weighted by Crippen LogP contribution is 2.33. The number of hydrogen-bond acceptors (Lipinski definition) is 2. The molecule has 2 aromatic rings. The molecule has 1 aromatic heterocycles. The van der Waals surface area contributed by atoms with E-state index in [9.17, 15) is 8.78 Å². The van der Waals surface area contributed by atoms with Crippen molar-refractivity contribution in [2.24, 2.45) is 0 Å². The summed E-state index contributed by atoms with van der Waals surface area (Å²) in [5.74, 6) is -0.927. The second kappa shape index (κ2) is 6.37. The third-order valence-electron chi connectivity index (χ3n) is 2.61. The van der Waals surface area contributed by atoms with Gasteiger partial charge in [0.2, 0.25) is 0 Å². The van der Waals surface area contributed by atoms with Gasteiger partial charge < -0.3 is 5.32 Å². The van der Waals surface area contributed by atoms with Gasteiger partial charge in [0.15, 0.2) is 0 Å². The molecule has 106 valence electrons. The number of halogens is 4. The van der Waals surface area contributed by atoms with Gasteiger partial charge in [-0.1, -0.05) is 30.1 Å². The molecule has 6 heteroatoms. The number of anilines is 1. The zero-order valence-electron chi connectivity index (χ0n) is 10.7. The summed E-state index contributed by atoms with van der Waals surface area (Å²) in [5, 5.41) is 3.64. The molecule has 2 nitrogen and oxygen atoms in total. The molecule has 1 N–H and O–H groups in total. The summed E-state index contributed by atoms with van der Waals surface area (Å²) in [6.45, 7) is 2.69. The van der Waals surface area contributed by atoms with E-state index in [4.69, 9.17) is 23.2 Å². The van der Waals surface area contributed by atoms with Crippen molar-refractivity contribution in [1.29, 1.82) is 0 Å². The molecule has 0 spiro atoms. The van der Waals surface area contributed by atoms with E-state index < -0.39 is 11.6 Å². The molecule has 0 fully saturated rings. The Bertz CT molecular complexity index is 613. The summed E-state index contributed by atoms with van der Waals surface area (Å²) in [6.07, 6.45) is 0.893. The van der Waals surface area contributed by atoms with Crippen molar-refractivity contribution in [3.8, 4) is 11.3 Å². The minimum atomic E-state index is -0.684. The zero-order valence-corrected chi connectivity index (χ0v) is 12.2. The van der Waals surface area contributed by atoms with Crippen LogP contribution in [0.15, 0.2) is 24.3 Å². The van der Waals surface area contributed by atoms with E-state index in [1.54, 1.807) is 0 Å². The molecule has 0 bridgehead atoms. The van der Waals surface area contributed by atoms with E-state index in [2.05, 4.69) is 10.3 Å². The molecule has 2 rings (SSSR count). The lowest BCUT2D eigenvalue weighted by molar-refractivity contribution is 0.584. The van der Waals surface area contributed by atoms with Crippen LogP contribution in [-0.2, 0) is 0 Å². The lowest BCUT2D eigenvalue weighted by atomic mass is 10.1. The topological polar surface area (TPSA) is 24.9 Å². The number of hydrogen-bond donors (Lipinski definition) is 1. The van der Waals surface area contributed by atoms with Crippen LogP contribution in [0.1, 0.15) is 13.3 Å². The summed E-state index contributed by atoms with van der Waals surface area (Å²) < 4.78 is 26.6. The normalized spacial score (nSPS) is 10.7. The molecule has 0 saturated carbocycles. The van der Waals surface area contributed by atoms with Crippen LogP contribution < -0.4 is 5.32 Å². The van der Waals surface area contributed by atoms with Crippen molar-refractivity contribution in [1.82, 2.24) is 4.98 Å². The van der Waals surface area contributed by atoms with Crippen molar-refractivity contribution in [2.45, 2.75) is 13.3 Å². The summed E-state index contributed by atoms with van der Waals surface area (Å²) in [4.78, 5) is 4.25. The number of nitrogens with zero attached hydrogens (tertiary/aromatic N) is 1. The number of benzene rings is 1. The molecule has 0 atom stereocenters. The third-order valence-corrected chi connectivity index (χ3v) is 3.18. The van der Waals surface area contributed by atoms with Crippen LogP contribution in [0, 0.1) is 11.6 Å². The van der Waals surface area contributed by atoms with Crippen LogP contribution in [0.25, 0.3) is 11.3 Å². The molecule has 0 aliphatic carbocycles. The zero-order chi connectivity index (χ0) is 14.7. The summed E-state index contributed by atoms with van der Waals surface area (Å²) in [7, 11) is 0. The van der Waals surface area contributed by atoms with Gasteiger partial charge in [0.25, 0.3) is 0 Å². The molecule has 0 unspecified atom stereocenters. The van der Waals surface area contributed by atoms with Gasteiger partial charge in [-0.2, -0.15) is 0 Å². The molecule has 0 aliphatic rings. The second-order valence-electron chi connectivity index (χ2n) is 4.23. The van der Waals surface area contributed by atoms with Crippen molar-refractivity contribution in [2.75, 3.05) is 11.9 Å². The summed E-state index contributed by atoms with van der Waals surface area (Å²) >= 11 is 12.1. The highest BCUT2D eigenvalue weighted by Gasteiger charge is 2.13.